The SMILES string of the molecule is CC1(C)CCN(C(CN)c2cccc(C(F)(F)F)c2)CC1. The van der Waals surface area contributed by atoms with Crippen LogP contribution in [-0.4, -0.2) is 24.5 Å². The number of rotatable bonds is 3. The highest BCUT2D eigenvalue weighted by Gasteiger charge is 2.33. The van der Waals surface area contributed by atoms with Gasteiger partial charge in [0.25, 0.3) is 0 Å². The van der Waals surface area contributed by atoms with Crippen LogP contribution in [-0.2, 0) is 6.18 Å². The second-order valence-electron chi connectivity index (χ2n) is 6.57. The van der Waals surface area contributed by atoms with E-state index in [2.05, 4.69) is 18.7 Å². The Morgan fingerprint density at radius 3 is 2.38 bits per heavy atom. The van der Waals surface area contributed by atoms with Crippen molar-refractivity contribution >= 4 is 0 Å². The minimum Gasteiger partial charge on any atom is -0.329 e. The van der Waals surface area contributed by atoms with Crippen LogP contribution in [0.1, 0.15) is 43.9 Å². The van der Waals surface area contributed by atoms with E-state index in [0.29, 0.717) is 17.5 Å². The third-order valence-electron chi connectivity index (χ3n) is 4.41. The fourth-order valence-electron chi connectivity index (χ4n) is 2.86. The van der Waals surface area contributed by atoms with E-state index >= 15 is 0 Å². The van der Waals surface area contributed by atoms with Crippen molar-refractivity contribution in [1.29, 1.82) is 0 Å². The van der Waals surface area contributed by atoms with Gasteiger partial charge in [-0.15, -0.1) is 0 Å². The Hall–Kier alpha value is -1.07. The van der Waals surface area contributed by atoms with E-state index in [1.54, 1.807) is 6.07 Å². The second-order valence-corrected chi connectivity index (χ2v) is 6.57. The molecule has 0 aromatic heterocycles. The van der Waals surface area contributed by atoms with Crippen molar-refractivity contribution in [3.63, 3.8) is 0 Å². The predicted octanol–water partition coefficient (Wildman–Crippen LogP) is 3.83. The third-order valence-corrected chi connectivity index (χ3v) is 4.41. The maximum Gasteiger partial charge on any atom is 0.416 e. The largest absolute Gasteiger partial charge is 0.416 e. The summed E-state index contributed by atoms with van der Waals surface area (Å²) in [7, 11) is 0. The van der Waals surface area contributed by atoms with Gasteiger partial charge in [-0.1, -0.05) is 26.0 Å². The molecule has 0 aliphatic carbocycles. The first-order chi connectivity index (χ1) is 9.73. The molecule has 0 spiro atoms. The van der Waals surface area contributed by atoms with Crippen molar-refractivity contribution in [1.82, 2.24) is 4.90 Å². The average Bonchev–Trinajstić information content (AvgIpc) is 2.41. The molecule has 1 aliphatic rings. The molecular weight excluding hydrogens is 277 g/mol. The van der Waals surface area contributed by atoms with Crippen LogP contribution >= 0.6 is 0 Å². The molecule has 1 aromatic carbocycles. The maximum absolute atomic E-state index is 12.8. The summed E-state index contributed by atoms with van der Waals surface area (Å²) in [4.78, 5) is 2.21. The van der Waals surface area contributed by atoms with Gasteiger partial charge in [0.2, 0.25) is 0 Å². The molecule has 1 saturated heterocycles. The molecule has 1 aromatic rings. The fourth-order valence-corrected chi connectivity index (χ4v) is 2.86. The van der Waals surface area contributed by atoms with Crippen LogP contribution in [0.25, 0.3) is 0 Å². The Bertz CT molecular complexity index is 473. The maximum atomic E-state index is 12.8. The molecule has 2 rings (SSSR count). The van der Waals surface area contributed by atoms with Gasteiger partial charge in [0, 0.05) is 12.6 Å². The van der Waals surface area contributed by atoms with Crippen molar-refractivity contribution < 1.29 is 13.2 Å². The summed E-state index contributed by atoms with van der Waals surface area (Å²) >= 11 is 0. The van der Waals surface area contributed by atoms with E-state index in [-0.39, 0.29) is 6.04 Å². The van der Waals surface area contributed by atoms with Gasteiger partial charge in [0.1, 0.15) is 0 Å². The molecule has 1 atom stereocenters. The predicted molar refractivity (Wildman–Crippen MR) is 77.8 cm³/mol. The molecule has 1 fully saturated rings. The van der Waals surface area contributed by atoms with Gasteiger partial charge in [-0.25, -0.2) is 0 Å². The number of hydrogen-bond acceptors (Lipinski definition) is 2. The van der Waals surface area contributed by atoms with Crippen LogP contribution in [0.15, 0.2) is 24.3 Å². The highest BCUT2D eigenvalue weighted by atomic mass is 19.4. The normalized spacial score (nSPS) is 21.2. The van der Waals surface area contributed by atoms with Gasteiger partial charge in [-0.05, 0) is 49.0 Å². The topological polar surface area (TPSA) is 29.3 Å². The lowest BCUT2D eigenvalue weighted by Gasteiger charge is -2.41. The molecule has 0 radical (unpaired) electrons. The van der Waals surface area contributed by atoms with Crippen molar-refractivity contribution in [2.75, 3.05) is 19.6 Å². The molecule has 2 N–H and O–H groups in total. The first-order valence-corrected chi connectivity index (χ1v) is 7.34. The average molecular weight is 300 g/mol. The number of nitrogens with two attached hydrogens (primary N) is 1. The second kappa shape index (κ2) is 5.97. The highest BCUT2D eigenvalue weighted by molar-refractivity contribution is 5.28. The summed E-state index contributed by atoms with van der Waals surface area (Å²) in [6.45, 7) is 6.55. The van der Waals surface area contributed by atoms with Gasteiger partial charge < -0.3 is 5.73 Å². The Kier molecular flexibility index (Phi) is 4.63. The van der Waals surface area contributed by atoms with Crippen molar-refractivity contribution in [2.45, 2.75) is 38.9 Å². The molecule has 1 heterocycles. The van der Waals surface area contributed by atoms with Crippen LogP contribution in [0.4, 0.5) is 13.2 Å². The summed E-state index contributed by atoms with van der Waals surface area (Å²) < 4.78 is 38.5. The van der Waals surface area contributed by atoms with E-state index in [4.69, 9.17) is 5.73 Å². The number of nitrogens with zero attached hydrogens (tertiary/aromatic N) is 1. The molecule has 2 nitrogen and oxygen atoms in total. The summed E-state index contributed by atoms with van der Waals surface area (Å²) in [6, 6.07) is 5.41. The van der Waals surface area contributed by atoms with Crippen molar-refractivity contribution in [3.8, 4) is 0 Å². The zero-order valence-electron chi connectivity index (χ0n) is 12.6. The Labute approximate surface area is 124 Å². The summed E-state index contributed by atoms with van der Waals surface area (Å²) in [5.74, 6) is 0. The zero-order chi connectivity index (χ0) is 15.7. The standard InChI is InChI=1S/C16H23F3N2/c1-15(2)6-8-21(9-7-15)14(11-20)12-4-3-5-13(10-12)16(17,18)19/h3-5,10,14H,6-9,11,20H2,1-2H3. The van der Waals surface area contributed by atoms with E-state index in [0.717, 1.165) is 32.0 Å². The number of likely N-dealkylation sites (tertiary alicyclic amines) is 1. The number of hydrogen-bond donors (Lipinski definition) is 1. The lowest BCUT2D eigenvalue weighted by atomic mass is 9.82. The van der Waals surface area contributed by atoms with Crippen LogP contribution in [0.2, 0.25) is 0 Å². The van der Waals surface area contributed by atoms with E-state index in [9.17, 15) is 13.2 Å². The minimum absolute atomic E-state index is 0.136. The molecule has 1 aliphatic heterocycles. The van der Waals surface area contributed by atoms with Gasteiger partial charge in [0.05, 0.1) is 5.56 Å². The molecule has 21 heavy (non-hydrogen) atoms. The zero-order valence-corrected chi connectivity index (χ0v) is 12.6. The van der Waals surface area contributed by atoms with E-state index in [1.807, 2.05) is 0 Å². The molecule has 0 bridgehead atoms. The lowest BCUT2D eigenvalue weighted by molar-refractivity contribution is -0.137. The van der Waals surface area contributed by atoms with Crippen LogP contribution in [0.3, 0.4) is 0 Å². The molecule has 1 unspecified atom stereocenters. The number of alkyl halides is 3. The minimum atomic E-state index is -4.31. The Morgan fingerprint density at radius 1 is 1.24 bits per heavy atom. The number of piperidine rings is 1. The van der Waals surface area contributed by atoms with Gasteiger partial charge in [-0.2, -0.15) is 13.2 Å². The van der Waals surface area contributed by atoms with Crippen molar-refractivity contribution in [3.05, 3.63) is 35.4 Å². The first kappa shape index (κ1) is 16.3. The molecular formula is C16H23F3N2. The Balaban J connectivity index is 2.18. The van der Waals surface area contributed by atoms with Gasteiger partial charge >= 0.3 is 6.18 Å². The van der Waals surface area contributed by atoms with E-state index < -0.39 is 11.7 Å². The van der Waals surface area contributed by atoms with Crippen LogP contribution in [0, 0.1) is 5.41 Å². The summed E-state index contributed by atoms with van der Waals surface area (Å²) in [5, 5.41) is 0. The van der Waals surface area contributed by atoms with Crippen molar-refractivity contribution in [2.24, 2.45) is 11.1 Å². The highest BCUT2D eigenvalue weighted by Crippen LogP contribution is 2.35. The smallest absolute Gasteiger partial charge is 0.329 e. The van der Waals surface area contributed by atoms with E-state index in [1.165, 1.54) is 12.1 Å². The van der Waals surface area contributed by atoms with Crippen LogP contribution < -0.4 is 5.73 Å². The van der Waals surface area contributed by atoms with Gasteiger partial charge in [-0.3, -0.25) is 4.90 Å². The molecule has 118 valence electrons. The summed E-state index contributed by atoms with van der Waals surface area (Å²) in [5.41, 5.74) is 6.21. The quantitative estimate of drug-likeness (QED) is 0.919. The van der Waals surface area contributed by atoms with Gasteiger partial charge in [0.15, 0.2) is 0 Å². The van der Waals surface area contributed by atoms with Crippen LogP contribution in [0.5, 0.6) is 0 Å². The lowest BCUT2D eigenvalue weighted by Crippen LogP contribution is -2.42. The monoisotopic (exact) mass is 300 g/mol. The molecule has 0 saturated carbocycles. The molecule has 5 heteroatoms. The number of benzene rings is 1. The number of halogens is 3. The third kappa shape index (κ3) is 3.98. The Morgan fingerprint density at radius 2 is 1.86 bits per heavy atom. The first-order valence-electron chi connectivity index (χ1n) is 7.34. The summed E-state index contributed by atoms with van der Waals surface area (Å²) in [6.07, 6.45) is -2.22. The fraction of sp³-hybridized carbons (Fsp3) is 0.625. The molecule has 0 amide bonds.